The predicted molar refractivity (Wildman–Crippen MR) is 79.4 cm³/mol. The number of benzene rings is 1. The Kier molecular flexibility index (Phi) is 4.80. The predicted octanol–water partition coefficient (Wildman–Crippen LogP) is 3.11. The van der Waals surface area contributed by atoms with Crippen LogP contribution in [0.1, 0.15) is 18.4 Å². The number of aryl methyl sites for hydroxylation is 1. The maximum absolute atomic E-state index is 6.05. The van der Waals surface area contributed by atoms with E-state index < -0.39 is 0 Å². The van der Waals surface area contributed by atoms with Gasteiger partial charge in [0.2, 0.25) is 0 Å². The molecule has 18 heavy (non-hydrogen) atoms. The number of hydrogen-bond donors (Lipinski definition) is 2. The number of rotatable bonds is 3. The minimum atomic E-state index is 0.284. The summed E-state index contributed by atoms with van der Waals surface area (Å²) in [6.07, 6.45) is 2.53. The first kappa shape index (κ1) is 13.6. The average Bonchev–Trinajstić information content (AvgIpc) is 2.84. The van der Waals surface area contributed by atoms with Crippen molar-refractivity contribution >= 4 is 34.6 Å². The van der Waals surface area contributed by atoms with Gasteiger partial charge in [0.25, 0.3) is 0 Å². The summed E-state index contributed by atoms with van der Waals surface area (Å²) in [6, 6.07) is 5.80. The summed E-state index contributed by atoms with van der Waals surface area (Å²) in [5.41, 5.74) is 1.95. The van der Waals surface area contributed by atoms with Gasteiger partial charge >= 0.3 is 0 Å². The number of ether oxygens (including phenoxy) is 1. The molecule has 1 fully saturated rings. The van der Waals surface area contributed by atoms with Crippen molar-refractivity contribution in [3.8, 4) is 0 Å². The van der Waals surface area contributed by atoms with Crippen LogP contribution in [0.5, 0.6) is 0 Å². The molecule has 1 aromatic carbocycles. The van der Waals surface area contributed by atoms with Gasteiger partial charge < -0.3 is 15.4 Å². The smallest absolute Gasteiger partial charge is 0.170 e. The normalized spacial score (nSPS) is 18.7. The summed E-state index contributed by atoms with van der Waals surface area (Å²) >= 11 is 11.3. The first-order valence-electron chi connectivity index (χ1n) is 6.08. The van der Waals surface area contributed by atoms with Gasteiger partial charge in [0.1, 0.15) is 0 Å². The lowest BCUT2D eigenvalue weighted by atomic mass is 10.2. The third-order valence-electron chi connectivity index (χ3n) is 2.94. The third kappa shape index (κ3) is 3.83. The summed E-state index contributed by atoms with van der Waals surface area (Å²) in [7, 11) is 0. The van der Waals surface area contributed by atoms with Crippen LogP contribution in [0.4, 0.5) is 5.69 Å². The van der Waals surface area contributed by atoms with E-state index >= 15 is 0 Å². The second-order valence-electron chi connectivity index (χ2n) is 4.43. The number of nitrogens with one attached hydrogen (secondary N) is 2. The molecule has 0 aromatic heterocycles. The molecular weight excluding hydrogens is 268 g/mol. The fourth-order valence-corrected chi connectivity index (χ4v) is 2.24. The van der Waals surface area contributed by atoms with Crippen LogP contribution in [0.2, 0.25) is 5.02 Å². The van der Waals surface area contributed by atoms with Gasteiger partial charge in [-0.3, -0.25) is 0 Å². The number of halogens is 1. The molecule has 0 aliphatic carbocycles. The topological polar surface area (TPSA) is 33.3 Å². The van der Waals surface area contributed by atoms with Gasteiger partial charge in [0.15, 0.2) is 5.11 Å². The van der Waals surface area contributed by atoms with Gasteiger partial charge in [-0.15, -0.1) is 0 Å². The SMILES string of the molecule is Cc1ccc(NC(=S)NCC2CCCO2)cc1Cl. The highest BCUT2D eigenvalue weighted by Crippen LogP contribution is 2.19. The van der Waals surface area contributed by atoms with Crippen molar-refractivity contribution in [1.29, 1.82) is 0 Å². The zero-order valence-corrected chi connectivity index (χ0v) is 11.9. The van der Waals surface area contributed by atoms with Crippen molar-refractivity contribution in [2.75, 3.05) is 18.5 Å². The van der Waals surface area contributed by atoms with Crippen LogP contribution in [0.25, 0.3) is 0 Å². The van der Waals surface area contributed by atoms with Crippen LogP contribution in [-0.4, -0.2) is 24.4 Å². The molecule has 1 unspecified atom stereocenters. The minimum Gasteiger partial charge on any atom is -0.376 e. The van der Waals surface area contributed by atoms with Crippen LogP contribution >= 0.6 is 23.8 Å². The molecule has 5 heteroatoms. The van der Waals surface area contributed by atoms with Gasteiger partial charge in [0, 0.05) is 23.9 Å². The average molecular weight is 285 g/mol. The van der Waals surface area contributed by atoms with Crippen molar-refractivity contribution < 1.29 is 4.74 Å². The summed E-state index contributed by atoms with van der Waals surface area (Å²) in [5.74, 6) is 0. The highest BCUT2D eigenvalue weighted by molar-refractivity contribution is 7.80. The molecule has 0 radical (unpaired) electrons. The molecule has 0 amide bonds. The molecule has 1 aliphatic rings. The number of hydrogen-bond acceptors (Lipinski definition) is 2. The zero-order valence-electron chi connectivity index (χ0n) is 10.3. The highest BCUT2D eigenvalue weighted by Gasteiger charge is 2.15. The third-order valence-corrected chi connectivity index (χ3v) is 3.60. The Morgan fingerprint density at radius 3 is 3.06 bits per heavy atom. The van der Waals surface area contributed by atoms with Gasteiger partial charge in [-0.25, -0.2) is 0 Å². The van der Waals surface area contributed by atoms with Crippen molar-refractivity contribution in [2.24, 2.45) is 0 Å². The number of anilines is 1. The van der Waals surface area contributed by atoms with E-state index in [4.69, 9.17) is 28.6 Å². The van der Waals surface area contributed by atoms with Crippen molar-refractivity contribution in [3.63, 3.8) is 0 Å². The molecule has 0 saturated carbocycles. The van der Waals surface area contributed by atoms with Gasteiger partial charge in [-0.05, 0) is 49.7 Å². The Morgan fingerprint density at radius 2 is 2.39 bits per heavy atom. The van der Waals surface area contributed by atoms with E-state index in [0.717, 1.165) is 42.3 Å². The molecule has 1 saturated heterocycles. The Balaban J connectivity index is 1.80. The summed E-state index contributed by atoms with van der Waals surface area (Å²) in [6.45, 7) is 3.59. The maximum Gasteiger partial charge on any atom is 0.170 e. The van der Waals surface area contributed by atoms with E-state index in [2.05, 4.69) is 10.6 Å². The summed E-state index contributed by atoms with van der Waals surface area (Å²) in [4.78, 5) is 0. The Labute approximate surface area is 118 Å². The fourth-order valence-electron chi connectivity index (χ4n) is 1.86. The van der Waals surface area contributed by atoms with E-state index in [1.807, 2.05) is 25.1 Å². The Morgan fingerprint density at radius 1 is 1.56 bits per heavy atom. The van der Waals surface area contributed by atoms with E-state index in [1.165, 1.54) is 0 Å². The maximum atomic E-state index is 6.05. The molecule has 0 bridgehead atoms. The molecule has 98 valence electrons. The van der Waals surface area contributed by atoms with Gasteiger partial charge in [-0.2, -0.15) is 0 Å². The van der Waals surface area contributed by atoms with Crippen LogP contribution in [0.3, 0.4) is 0 Å². The van der Waals surface area contributed by atoms with E-state index in [-0.39, 0.29) is 6.10 Å². The molecule has 0 spiro atoms. The second kappa shape index (κ2) is 6.36. The largest absolute Gasteiger partial charge is 0.376 e. The second-order valence-corrected chi connectivity index (χ2v) is 5.25. The van der Waals surface area contributed by atoms with Crippen LogP contribution in [0, 0.1) is 6.92 Å². The van der Waals surface area contributed by atoms with Crippen molar-refractivity contribution in [1.82, 2.24) is 5.32 Å². The first-order chi connectivity index (χ1) is 8.65. The molecule has 1 heterocycles. The van der Waals surface area contributed by atoms with Gasteiger partial charge in [-0.1, -0.05) is 17.7 Å². The van der Waals surface area contributed by atoms with Crippen LogP contribution < -0.4 is 10.6 Å². The highest BCUT2D eigenvalue weighted by atomic mass is 35.5. The zero-order chi connectivity index (χ0) is 13.0. The summed E-state index contributed by atoms with van der Waals surface area (Å²) < 4.78 is 5.52. The summed E-state index contributed by atoms with van der Waals surface area (Å²) in [5, 5.41) is 7.61. The van der Waals surface area contributed by atoms with E-state index in [1.54, 1.807) is 0 Å². The standard InChI is InChI=1S/C13H17ClN2OS/c1-9-4-5-10(7-12(9)14)16-13(18)15-8-11-3-2-6-17-11/h4-5,7,11H,2-3,6,8H2,1H3,(H2,15,16,18). The van der Waals surface area contributed by atoms with Crippen molar-refractivity contribution in [3.05, 3.63) is 28.8 Å². The molecular formula is C13H17ClN2OS. The minimum absolute atomic E-state index is 0.284. The molecule has 1 aromatic rings. The lowest BCUT2D eigenvalue weighted by molar-refractivity contribution is 0.114. The van der Waals surface area contributed by atoms with Crippen molar-refractivity contribution in [2.45, 2.75) is 25.9 Å². The lowest BCUT2D eigenvalue weighted by Gasteiger charge is -2.14. The number of thiocarbonyl (C=S) groups is 1. The van der Waals surface area contributed by atoms with Crippen LogP contribution in [0.15, 0.2) is 18.2 Å². The Hall–Kier alpha value is -0.840. The van der Waals surface area contributed by atoms with E-state index in [9.17, 15) is 0 Å². The molecule has 1 atom stereocenters. The molecule has 3 nitrogen and oxygen atoms in total. The first-order valence-corrected chi connectivity index (χ1v) is 6.86. The lowest BCUT2D eigenvalue weighted by Crippen LogP contribution is -2.34. The Bertz CT molecular complexity index is 433. The van der Waals surface area contributed by atoms with E-state index in [0.29, 0.717) is 5.11 Å². The van der Waals surface area contributed by atoms with Crippen LogP contribution in [-0.2, 0) is 4.74 Å². The fraction of sp³-hybridized carbons (Fsp3) is 0.462. The van der Waals surface area contributed by atoms with Gasteiger partial charge in [0.05, 0.1) is 6.10 Å². The quantitative estimate of drug-likeness (QED) is 0.836. The monoisotopic (exact) mass is 284 g/mol. The molecule has 1 aliphatic heterocycles. The molecule has 2 N–H and O–H groups in total. The molecule has 2 rings (SSSR count).